The summed E-state index contributed by atoms with van der Waals surface area (Å²) in [6.07, 6.45) is 7.50. The van der Waals surface area contributed by atoms with Crippen molar-refractivity contribution < 1.29 is 14.3 Å². The first-order valence-electron chi connectivity index (χ1n) is 10.4. The van der Waals surface area contributed by atoms with Gasteiger partial charge in [-0.05, 0) is 80.4 Å². The zero-order valence-electron chi connectivity index (χ0n) is 16.8. The van der Waals surface area contributed by atoms with Crippen molar-refractivity contribution in [1.82, 2.24) is 10.2 Å². The van der Waals surface area contributed by atoms with Crippen LogP contribution in [0.3, 0.4) is 0 Å². The van der Waals surface area contributed by atoms with E-state index in [4.69, 9.17) is 10.5 Å². The molecule has 6 heteroatoms. The number of hydrogen-bond donors (Lipinski definition) is 2. The van der Waals surface area contributed by atoms with E-state index in [1.165, 1.54) is 24.2 Å². The van der Waals surface area contributed by atoms with Crippen molar-refractivity contribution in [3.05, 3.63) is 29.8 Å². The molecule has 0 heterocycles. The third-order valence-electron chi connectivity index (χ3n) is 6.71. The van der Waals surface area contributed by atoms with Gasteiger partial charge in [0.05, 0.1) is 6.04 Å². The van der Waals surface area contributed by atoms with Gasteiger partial charge in [0.25, 0.3) is 0 Å². The lowest BCUT2D eigenvalue weighted by Crippen LogP contribution is -2.62. The highest BCUT2D eigenvalue weighted by Gasteiger charge is 2.51. The van der Waals surface area contributed by atoms with E-state index in [0.717, 1.165) is 42.6 Å². The van der Waals surface area contributed by atoms with Crippen molar-refractivity contribution >= 4 is 12.0 Å². The molecule has 6 nitrogen and oxygen atoms in total. The van der Waals surface area contributed by atoms with Gasteiger partial charge in [-0.15, -0.1) is 0 Å². The van der Waals surface area contributed by atoms with Crippen molar-refractivity contribution in [3.63, 3.8) is 0 Å². The van der Waals surface area contributed by atoms with E-state index < -0.39 is 12.1 Å². The van der Waals surface area contributed by atoms with Crippen LogP contribution in [0, 0.1) is 17.8 Å². The second-order valence-corrected chi connectivity index (χ2v) is 9.40. The molecule has 5 rings (SSSR count). The molecule has 152 valence electrons. The maximum atomic E-state index is 12.8. The quantitative estimate of drug-likeness (QED) is 0.816. The zero-order chi connectivity index (χ0) is 19.9. The molecule has 0 unspecified atom stereocenters. The Morgan fingerprint density at radius 1 is 1.11 bits per heavy atom. The van der Waals surface area contributed by atoms with Gasteiger partial charge in [0.2, 0.25) is 5.91 Å². The van der Waals surface area contributed by atoms with Crippen molar-refractivity contribution in [2.75, 3.05) is 14.1 Å². The normalized spacial score (nSPS) is 31.3. The number of rotatable bonds is 5. The molecule has 1 aromatic carbocycles. The standard InChI is InChI=1S/C22H31N3O3/c1-25(2)21(27)28-18-5-3-14(4-6-18)10-19(23)20(26)24-22-11-15-7-16(12-22)9-17(8-15)13-22/h3-6,15-17,19H,7-13,23H2,1-2H3,(H,24,26)/t15?,16?,17?,19-,22?/m0/s1. The average molecular weight is 386 g/mol. The molecule has 3 N–H and O–H groups in total. The molecule has 0 aromatic heterocycles. The maximum Gasteiger partial charge on any atom is 0.414 e. The number of ether oxygens (including phenoxy) is 1. The van der Waals surface area contributed by atoms with Gasteiger partial charge >= 0.3 is 6.09 Å². The van der Waals surface area contributed by atoms with Crippen LogP contribution in [0.2, 0.25) is 0 Å². The van der Waals surface area contributed by atoms with Crippen LogP contribution in [-0.4, -0.2) is 42.6 Å². The van der Waals surface area contributed by atoms with E-state index in [1.807, 2.05) is 12.1 Å². The van der Waals surface area contributed by atoms with Gasteiger partial charge in [0.15, 0.2) is 0 Å². The van der Waals surface area contributed by atoms with Gasteiger partial charge in [-0.3, -0.25) is 4.79 Å². The van der Waals surface area contributed by atoms with Crippen molar-refractivity contribution in [1.29, 1.82) is 0 Å². The van der Waals surface area contributed by atoms with E-state index in [2.05, 4.69) is 5.32 Å². The molecule has 4 saturated carbocycles. The summed E-state index contributed by atoms with van der Waals surface area (Å²) in [6, 6.07) is 6.62. The molecule has 0 aliphatic heterocycles. The largest absolute Gasteiger partial charge is 0.414 e. The third-order valence-corrected chi connectivity index (χ3v) is 6.71. The Hall–Kier alpha value is -2.08. The maximum absolute atomic E-state index is 12.8. The molecule has 1 atom stereocenters. The van der Waals surface area contributed by atoms with E-state index in [-0.39, 0.29) is 11.4 Å². The van der Waals surface area contributed by atoms with E-state index >= 15 is 0 Å². The van der Waals surface area contributed by atoms with Gasteiger partial charge in [-0.2, -0.15) is 0 Å². The molecule has 0 saturated heterocycles. The molecule has 0 spiro atoms. The predicted molar refractivity (Wildman–Crippen MR) is 107 cm³/mol. The number of carbonyl (C=O) groups excluding carboxylic acids is 2. The SMILES string of the molecule is CN(C)C(=O)Oc1ccc(C[C@H](N)C(=O)NC23CC4CC(CC(C4)C2)C3)cc1. The summed E-state index contributed by atoms with van der Waals surface area (Å²) in [5, 5.41) is 3.36. The lowest BCUT2D eigenvalue weighted by Gasteiger charge is -2.57. The van der Waals surface area contributed by atoms with Gasteiger partial charge < -0.3 is 20.7 Å². The van der Waals surface area contributed by atoms with Crippen molar-refractivity contribution in [3.8, 4) is 5.75 Å². The summed E-state index contributed by atoms with van der Waals surface area (Å²) in [7, 11) is 3.27. The van der Waals surface area contributed by atoms with Crippen LogP contribution in [0.25, 0.3) is 0 Å². The molecule has 0 radical (unpaired) electrons. The van der Waals surface area contributed by atoms with Crippen molar-refractivity contribution in [2.45, 2.75) is 56.5 Å². The number of nitrogens with two attached hydrogens (primary N) is 1. The van der Waals surface area contributed by atoms with Gasteiger partial charge in [-0.1, -0.05) is 12.1 Å². The van der Waals surface area contributed by atoms with Gasteiger partial charge in [0, 0.05) is 19.6 Å². The Balaban J connectivity index is 1.33. The Kier molecular flexibility index (Phi) is 5.08. The first-order valence-corrected chi connectivity index (χ1v) is 10.4. The number of hydrogen-bond acceptors (Lipinski definition) is 4. The average Bonchev–Trinajstić information content (AvgIpc) is 2.61. The topological polar surface area (TPSA) is 84.7 Å². The highest BCUT2D eigenvalue weighted by molar-refractivity contribution is 5.82. The lowest BCUT2D eigenvalue weighted by molar-refractivity contribution is -0.128. The second-order valence-electron chi connectivity index (χ2n) is 9.40. The first kappa shape index (κ1) is 19.2. The zero-order valence-corrected chi connectivity index (χ0v) is 16.8. The Morgan fingerprint density at radius 3 is 2.14 bits per heavy atom. The first-order chi connectivity index (χ1) is 13.3. The molecule has 2 amide bonds. The highest BCUT2D eigenvalue weighted by atomic mass is 16.6. The number of carbonyl (C=O) groups is 2. The molecule has 28 heavy (non-hydrogen) atoms. The Labute approximate surface area is 166 Å². The minimum atomic E-state index is -0.566. The van der Waals surface area contributed by atoms with E-state index in [1.54, 1.807) is 26.2 Å². The second kappa shape index (κ2) is 7.39. The summed E-state index contributed by atoms with van der Waals surface area (Å²) in [4.78, 5) is 25.8. The lowest BCUT2D eigenvalue weighted by atomic mass is 9.53. The minimum Gasteiger partial charge on any atom is -0.410 e. The molecule has 4 fully saturated rings. The van der Waals surface area contributed by atoms with Crippen LogP contribution in [0.1, 0.15) is 44.1 Å². The highest BCUT2D eigenvalue weighted by Crippen LogP contribution is 2.55. The fourth-order valence-corrected chi connectivity index (χ4v) is 5.85. The minimum absolute atomic E-state index is 0.00626. The number of nitrogens with one attached hydrogen (secondary N) is 1. The van der Waals surface area contributed by atoms with Crippen LogP contribution in [0.4, 0.5) is 4.79 Å². The van der Waals surface area contributed by atoms with E-state index in [0.29, 0.717) is 12.2 Å². The fourth-order valence-electron chi connectivity index (χ4n) is 5.85. The summed E-state index contributed by atoms with van der Waals surface area (Å²) in [6.45, 7) is 0. The van der Waals surface area contributed by atoms with Crippen LogP contribution in [0.5, 0.6) is 5.75 Å². The van der Waals surface area contributed by atoms with Crippen LogP contribution in [0.15, 0.2) is 24.3 Å². The van der Waals surface area contributed by atoms with Crippen LogP contribution in [-0.2, 0) is 11.2 Å². The summed E-state index contributed by atoms with van der Waals surface area (Å²) >= 11 is 0. The van der Waals surface area contributed by atoms with Crippen LogP contribution >= 0.6 is 0 Å². The molecule has 4 bridgehead atoms. The molecule has 4 aliphatic rings. The predicted octanol–water partition coefficient (Wildman–Crippen LogP) is 2.70. The monoisotopic (exact) mass is 385 g/mol. The van der Waals surface area contributed by atoms with Crippen molar-refractivity contribution in [2.24, 2.45) is 23.5 Å². The summed E-state index contributed by atoms with van der Waals surface area (Å²) < 4.78 is 5.22. The third kappa shape index (κ3) is 4.02. The molecular weight excluding hydrogens is 354 g/mol. The number of amides is 2. The smallest absolute Gasteiger partial charge is 0.410 e. The van der Waals surface area contributed by atoms with Crippen LogP contribution < -0.4 is 15.8 Å². The van der Waals surface area contributed by atoms with Gasteiger partial charge in [-0.25, -0.2) is 4.79 Å². The van der Waals surface area contributed by atoms with E-state index in [9.17, 15) is 9.59 Å². The summed E-state index contributed by atoms with van der Waals surface area (Å²) in [5.41, 5.74) is 7.18. The molecule has 4 aliphatic carbocycles. The Morgan fingerprint density at radius 2 is 1.64 bits per heavy atom. The molecular formula is C22H31N3O3. The molecule has 1 aromatic rings. The summed E-state index contributed by atoms with van der Waals surface area (Å²) in [5.74, 6) is 2.82. The van der Waals surface area contributed by atoms with Gasteiger partial charge in [0.1, 0.15) is 5.75 Å². The number of nitrogens with zero attached hydrogens (tertiary/aromatic N) is 1. The fraction of sp³-hybridized carbons (Fsp3) is 0.636. The Bertz CT molecular complexity index is 709. The number of benzene rings is 1.